The van der Waals surface area contributed by atoms with E-state index >= 15 is 0 Å². The molecular weight excluding hydrogens is 316 g/mol. The molecule has 0 bridgehead atoms. The van der Waals surface area contributed by atoms with E-state index < -0.39 is 0 Å². The van der Waals surface area contributed by atoms with Gasteiger partial charge in [0.2, 0.25) is 0 Å². The van der Waals surface area contributed by atoms with Gasteiger partial charge in [0.05, 0.1) is 0 Å². The molecular formula is C24H34N2. The molecule has 140 valence electrons. The summed E-state index contributed by atoms with van der Waals surface area (Å²) in [5.41, 5.74) is 6.84. The zero-order chi connectivity index (χ0) is 17.3. The molecule has 2 aromatic carbocycles. The van der Waals surface area contributed by atoms with Crippen molar-refractivity contribution in [2.75, 3.05) is 0 Å². The predicted octanol–water partition coefficient (Wildman–Crippen LogP) is 6.81. The molecule has 0 saturated carbocycles. The SMILES string of the molecule is C.C.CCc1cn(C)c2cccc(C)c12.Cc1cccc2c1ccn2C. The van der Waals surface area contributed by atoms with Crippen LogP contribution in [-0.2, 0) is 20.5 Å². The van der Waals surface area contributed by atoms with Gasteiger partial charge in [-0.1, -0.05) is 46.0 Å². The van der Waals surface area contributed by atoms with E-state index in [1.54, 1.807) is 0 Å². The topological polar surface area (TPSA) is 9.86 Å². The lowest BCUT2D eigenvalue weighted by Crippen LogP contribution is -1.83. The van der Waals surface area contributed by atoms with Crippen LogP contribution >= 0.6 is 0 Å². The third kappa shape index (κ3) is 3.85. The highest BCUT2D eigenvalue weighted by Gasteiger charge is 2.05. The molecule has 2 heterocycles. The molecule has 0 aliphatic heterocycles. The summed E-state index contributed by atoms with van der Waals surface area (Å²) in [6, 6.07) is 15.0. The number of hydrogen-bond donors (Lipinski definition) is 0. The highest BCUT2D eigenvalue weighted by Crippen LogP contribution is 2.24. The first-order valence-corrected chi connectivity index (χ1v) is 8.57. The summed E-state index contributed by atoms with van der Waals surface area (Å²) < 4.78 is 4.35. The third-order valence-corrected chi connectivity index (χ3v) is 4.83. The number of rotatable bonds is 1. The molecule has 0 spiro atoms. The number of nitrogens with zero attached hydrogens (tertiary/aromatic N) is 2. The van der Waals surface area contributed by atoms with E-state index in [1.165, 1.54) is 38.5 Å². The highest BCUT2D eigenvalue weighted by atomic mass is 14.9. The molecule has 0 fully saturated rings. The largest absolute Gasteiger partial charge is 0.351 e. The van der Waals surface area contributed by atoms with Crippen molar-refractivity contribution in [3.63, 3.8) is 0 Å². The standard InChI is InChI=1S/C12H15N.C10H11N.2CH4/c1-4-10-8-13(3)11-7-5-6-9(2)12(10)11;1-8-4-3-5-10-9(8)6-7-11(10)2;;/h5-8H,4H2,1-3H3;3-7H,1-2H3;2*1H4. The fourth-order valence-electron chi connectivity index (χ4n) is 3.46. The van der Waals surface area contributed by atoms with Crippen LogP contribution in [-0.4, -0.2) is 9.13 Å². The lowest BCUT2D eigenvalue weighted by molar-refractivity contribution is 0.954. The molecule has 4 aromatic rings. The Morgan fingerprint density at radius 2 is 1.38 bits per heavy atom. The molecule has 0 aliphatic rings. The second-order valence-corrected chi connectivity index (χ2v) is 6.52. The molecule has 0 amide bonds. The number of aromatic nitrogens is 2. The van der Waals surface area contributed by atoms with E-state index in [0.29, 0.717) is 0 Å². The first-order chi connectivity index (χ1) is 11.5. The van der Waals surface area contributed by atoms with Crippen LogP contribution in [0.4, 0.5) is 0 Å². The van der Waals surface area contributed by atoms with E-state index in [-0.39, 0.29) is 14.9 Å². The van der Waals surface area contributed by atoms with E-state index in [0.717, 1.165) is 6.42 Å². The Morgan fingerprint density at radius 1 is 0.769 bits per heavy atom. The summed E-state index contributed by atoms with van der Waals surface area (Å²) in [5.74, 6) is 0. The third-order valence-electron chi connectivity index (χ3n) is 4.83. The molecule has 0 aliphatic carbocycles. The quantitative estimate of drug-likeness (QED) is 0.357. The van der Waals surface area contributed by atoms with E-state index in [1.807, 2.05) is 0 Å². The second kappa shape index (κ2) is 8.75. The van der Waals surface area contributed by atoms with Gasteiger partial charge in [-0.15, -0.1) is 0 Å². The van der Waals surface area contributed by atoms with Gasteiger partial charge in [0.1, 0.15) is 0 Å². The van der Waals surface area contributed by atoms with Crippen LogP contribution in [0.5, 0.6) is 0 Å². The van der Waals surface area contributed by atoms with E-state index in [2.05, 4.69) is 98.9 Å². The van der Waals surface area contributed by atoms with Gasteiger partial charge in [-0.05, 0) is 55.2 Å². The smallest absolute Gasteiger partial charge is 0.0483 e. The van der Waals surface area contributed by atoms with Crippen molar-refractivity contribution in [3.05, 3.63) is 71.5 Å². The summed E-state index contributed by atoms with van der Waals surface area (Å²) in [4.78, 5) is 0. The summed E-state index contributed by atoms with van der Waals surface area (Å²) >= 11 is 0. The van der Waals surface area contributed by atoms with Crippen LogP contribution in [0.15, 0.2) is 54.9 Å². The number of aryl methyl sites for hydroxylation is 5. The molecule has 2 nitrogen and oxygen atoms in total. The van der Waals surface area contributed by atoms with Crippen LogP contribution in [0.1, 0.15) is 38.5 Å². The minimum atomic E-state index is 0. The average Bonchev–Trinajstić information content (AvgIpc) is 3.11. The summed E-state index contributed by atoms with van der Waals surface area (Å²) in [6.45, 7) is 6.53. The molecule has 26 heavy (non-hydrogen) atoms. The highest BCUT2D eigenvalue weighted by molar-refractivity contribution is 5.87. The number of fused-ring (bicyclic) bond motifs is 2. The van der Waals surface area contributed by atoms with Gasteiger partial charge in [-0.2, -0.15) is 0 Å². The van der Waals surface area contributed by atoms with Crippen LogP contribution < -0.4 is 0 Å². The Bertz CT molecular complexity index is 986. The van der Waals surface area contributed by atoms with Crippen molar-refractivity contribution < 1.29 is 0 Å². The van der Waals surface area contributed by atoms with E-state index in [9.17, 15) is 0 Å². The molecule has 2 aromatic heterocycles. The van der Waals surface area contributed by atoms with Crippen LogP contribution in [0, 0.1) is 13.8 Å². The van der Waals surface area contributed by atoms with Crippen molar-refractivity contribution in [1.82, 2.24) is 9.13 Å². The minimum absolute atomic E-state index is 0. The Hall–Kier alpha value is -2.48. The van der Waals surface area contributed by atoms with Gasteiger partial charge in [0, 0.05) is 48.3 Å². The predicted molar refractivity (Wildman–Crippen MR) is 118 cm³/mol. The van der Waals surface area contributed by atoms with Gasteiger partial charge in [0.25, 0.3) is 0 Å². The maximum absolute atomic E-state index is 2.23. The van der Waals surface area contributed by atoms with E-state index in [4.69, 9.17) is 0 Å². The van der Waals surface area contributed by atoms with Gasteiger partial charge in [-0.3, -0.25) is 0 Å². The first kappa shape index (κ1) is 21.6. The molecule has 0 unspecified atom stereocenters. The van der Waals surface area contributed by atoms with Crippen molar-refractivity contribution in [1.29, 1.82) is 0 Å². The zero-order valence-electron chi connectivity index (χ0n) is 15.3. The lowest BCUT2D eigenvalue weighted by Gasteiger charge is -1.99. The van der Waals surface area contributed by atoms with Crippen molar-refractivity contribution >= 4 is 21.8 Å². The maximum Gasteiger partial charge on any atom is 0.0483 e. The Balaban J connectivity index is 0.000000244. The molecule has 0 radical (unpaired) electrons. The summed E-state index contributed by atoms with van der Waals surface area (Å²) in [5, 5.41) is 2.79. The van der Waals surface area contributed by atoms with Crippen molar-refractivity contribution in [3.8, 4) is 0 Å². The van der Waals surface area contributed by atoms with Gasteiger partial charge in [0.15, 0.2) is 0 Å². The number of benzene rings is 2. The average molecular weight is 351 g/mol. The van der Waals surface area contributed by atoms with Crippen LogP contribution in [0.2, 0.25) is 0 Å². The van der Waals surface area contributed by atoms with Crippen molar-refractivity contribution in [2.45, 2.75) is 42.0 Å². The molecule has 0 saturated heterocycles. The Morgan fingerprint density at radius 3 is 2.00 bits per heavy atom. The van der Waals surface area contributed by atoms with Crippen molar-refractivity contribution in [2.24, 2.45) is 14.1 Å². The van der Waals surface area contributed by atoms with Gasteiger partial charge < -0.3 is 9.13 Å². The molecule has 0 atom stereocenters. The van der Waals surface area contributed by atoms with Gasteiger partial charge in [-0.25, -0.2) is 0 Å². The first-order valence-electron chi connectivity index (χ1n) is 8.57. The minimum Gasteiger partial charge on any atom is -0.351 e. The normalized spacial score (nSPS) is 10.0. The molecule has 0 N–H and O–H groups in total. The molecule has 4 rings (SSSR count). The fraction of sp³-hybridized carbons (Fsp3) is 0.333. The monoisotopic (exact) mass is 350 g/mol. The zero-order valence-corrected chi connectivity index (χ0v) is 15.3. The lowest BCUT2D eigenvalue weighted by atomic mass is 10.1. The Labute approximate surface area is 159 Å². The fourth-order valence-corrected chi connectivity index (χ4v) is 3.46. The van der Waals surface area contributed by atoms with Gasteiger partial charge >= 0.3 is 0 Å². The number of hydrogen-bond acceptors (Lipinski definition) is 0. The second-order valence-electron chi connectivity index (χ2n) is 6.52. The molecule has 2 heteroatoms. The Kier molecular flexibility index (Phi) is 7.26. The summed E-state index contributed by atoms with van der Waals surface area (Å²) in [7, 11) is 4.18. The van der Waals surface area contributed by atoms with Crippen LogP contribution in [0.25, 0.3) is 21.8 Å². The maximum atomic E-state index is 2.23. The summed E-state index contributed by atoms with van der Waals surface area (Å²) in [6.07, 6.45) is 5.44. The van der Waals surface area contributed by atoms with Crippen LogP contribution in [0.3, 0.4) is 0 Å².